The maximum atomic E-state index is 12.4. The molecule has 25 heavy (non-hydrogen) atoms. The summed E-state index contributed by atoms with van der Waals surface area (Å²) in [7, 11) is -3.99. The molecule has 2 rings (SSSR count). The van der Waals surface area contributed by atoms with Crippen molar-refractivity contribution in [1.82, 2.24) is 10.1 Å². The van der Waals surface area contributed by atoms with Crippen molar-refractivity contribution in [3.8, 4) is 0 Å². The van der Waals surface area contributed by atoms with Crippen LogP contribution in [0.5, 0.6) is 0 Å². The molecule has 4 N–H and O–H groups in total. The lowest BCUT2D eigenvalue weighted by molar-refractivity contribution is -0.126. The van der Waals surface area contributed by atoms with E-state index >= 15 is 0 Å². The second kappa shape index (κ2) is 7.61. The highest BCUT2D eigenvalue weighted by atomic mass is 32.2. The zero-order chi connectivity index (χ0) is 18.4. The third-order valence-corrected chi connectivity index (χ3v) is 4.54. The molecule has 1 heterocycles. The number of nitrogens with two attached hydrogens (primary N) is 2. The Morgan fingerprint density at radius 3 is 2.36 bits per heavy atom. The van der Waals surface area contributed by atoms with E-state index in [1.54, 1.807) is 6.07 Å². The van der Waals surface area contributed by atoms with Crippen molar-refractivity contribution in [2.24, 2.45) is 17.0 Å². The first-order valence-corrected chi connectivity index (χ1v) is 8.21. The molecule has 0 unspecified atom stereocenters. The van der Waals surface area contributed by atoms with E-state index in [0.717, 1.165) is 6.08 Å². The van der Waals surface area contributed by atoms with E-state index < -0.39 is 15.9 Å². The van der Waals surface area contributed by atoms with Crippen LogP contribution in [-0.4, -0.2) is 24.4 Å². The summed E-state index contributed by atoms with van der Waals surface area (Å²) in [6, 6.07) is 10.4. The maximum absolute atomic E-state index is 12.4. The average Bonchev–Trinajstić information content (AvgIpc) is 2.65. The fourth-order valence-corrected chi connectivity index (χ4v) is 2.80. The highest BCUT2D eigenvalue weighted by Crippen LogP contribution is 2.20. The zero-order valence-electron chi connectivity index (χ0n) is 12.8. The summed E-state index contributed by atoms with van der Waals surface area (Å²) in [5, 5.41) is 2.22. The van der Waals surface area contributed by atoms with E-state index in [1.807, 2.05) is 0 Å². The molecule has 1 amide bonds. The van der Waals surface area contributed by atoms with Gasteiger partial charge in [0.25, 0.3) is 15.9 Å². The van der Waals surface area contributed by atoms with Gasteiger partial charge in [0.1, 0.15) is 0 Å². The monoisotopic (exact) mass is 362 g/mol. The van der Waals surface area contributed by atoms with Gasteiger partial charge in [0.2, 0.25) is 0 Å². The molecule has 0 aliphatic heterocycles. The SMILES string of the molecule is NN(N=O)C(=O)/C=C/c1ccc(N(N)S(=O)(=O)c2ccccn2)cc1. The molecule has 0 fully saturated rings. The lowest BCUT2D eigenvalue weighted by atomic mass is 10.2. The Morgan fingerprint density at radius 2 is 1.80 bits per heavy atom. The van der Waals surface area contributed by atoms with Crippen LogP contribution in [0.25, 0.3) is 6.08 Å². The summed E-state index contributed by atoms with van der Waals surface area (Å²) in [5.41, 5.74) is 0.754. The number of benzene rings is 1. The molecule has 0 radical (unpaired) electrons. The minimum atomic E-state index is -3.99. The molecule has 1 aromatic heterocycles. The van der Waals surface area contributed by atoms with Gasteiger partial charge in [0, 0.05) is 12.3 Å². The standard InChI is InChI=1S/C14H14N6O4S/c15-19(18-22)14(21)9-6-11-4-7-12(8-5-11)20(16)25(23,24)13-3-1-2-10-17-13/h1-10H,15-16H2/b9-6+. The third-order valence-electron chi connectivity index (χ3n) is 3.04. The summed E-state index contributed by atoms with van der Waals surface area (Å²) in [6.45, 7) is 0. The molecule has 0 saturated carbocycles. The highest BCUT2D eigenvalue weighted by molar-refractivity contribution is 7.92. The number of carbonyl (C=O) groups is 1. The van der Waals surface area contributed by atoms with Gasteiger partial charge in [-0.1, -0.05) is 18.2 Å². The molecule has 0 spiro atoms. The van der Waals surface area contributed by atoms with E-state index in [-0.39, 0.29) is 15.8 Å². The van der Waals surface area contributed by atoms with Crippen LogP contribution in [0.15, 0.2) is 65.0 Å². The Morgan fingerprint density at radius 1 is 1.12 bits per heavy atom. The number of hydrogen-bond donors (Lipinski definition) is 2. The summed E-state index contributed by atoms with van der Waals surface area (Å²) >= 11 is 0. The summed E-state index contributed by atoms with van der Waals surface area (Å²) in [6.07, 6.45) is 3.77. The normalized spacial score (nSPS) is 11.3. The maximum Gasteiger partial charge on any atom is 0.295 e. The Labute approximate surface area is 143 Å². The van der Waals surface area contributed by atoms with Crippen molar-refractivity contribution < 1.29 is 13.2 Å². The lowest BCUT2D eigenvalue weighted by Crippen LogP contribution is -2.37. The Bertz CT molecular complexity index is 883. The van der Waals surface area contributed by atoms with Crippen LogP contribution in [0.3, 0.4) is 0 Å². The first-order chi connectivity index (χ1) is 11.9. The smallest absolute Gasteiger partial charge is 0.266 e. The topological polar surface area (TPSA) is 152 Å². The number of amides is 1. The number of aromatic nitrogens is 1. The number of pyridine rings is 1. The van der Waals surface area contributed by atoms with Crippen LogP contribution < -0.4 is 16.1 Å². The van der Waals surface area contributed by atoms with Crippen LogP contribution in [0.4, 0.5) is 5.69 Å². The van der Waals surface area contributed by atoms with Crippen LogP contribution in [0.1, 0.15) is 5.56 Å². The number of carbonyl (C=O) groups excluding carboxylic acids is 1. The molecule has 2 aromatic rings. The second-order valence-electron chi connectivity index (χ2n) is 4.66. The predicted molar refractivity (Wildman–Crippen MR) is 90.4 cm³/mol. The summed E-state index contributed by atoms with van der Waals surface area (Å²) in [5.74, 6) is 9.89. The van der Waals surface area contributed by atoms with Crippen molar-refractivity contribution in [2.75, 3.05) is 4.41 Å². The van der Waals surface area contributed by atoms with Gasteiger partial charge >= 0.3 is 0 Å². The van der Waals surface area contributed by atoms with E-state index in [2.05, 4.69) is 10.3 Å². The van der Waals surface area contributed by atoms with Crippen molar-refractivity contribution >= 4 is 27.7 Å². The molecule has 10 nitrogen and oxygen atoms in total. The zero-order valence-corrected chi connectivity index (χ0v) is 13.6. The molecule has 130 valence electrons. The van der Waals surface area contributed by atoms with Crippen molar-refractivity contribution in [1.29, 1.82) is 0 Å². The fraction of sp³-hybridized carbons (Fsp3) is 0. The Kier molecular flexibility index (Phi) is 5.54. The fourth-order valence-electron chi connectivity index (χ4n) is 1.76. The van der Waals surface area contributed by atoms with Crippen molar-refractivity contribution in [3.05, 3.63) is 65.2 Å². The van der Waals surface area contributed by atoms with E-state index in [0.29, 0.717) is 9.98 Å². The third kappa shape index (κ3) is 4.23. The van der Waals surface area contributed by atoms with Crippen LogP contribution in [-0.2, 0) is 14.8 Å². The summed E-state index contributed by atoms with van der Waals surface area (Å²) < 4.78 is 25.3. The molecular formula is C14H14N6O4S. The van der Waals surface area contributed by atoms with Gasteiger partial charge in [-0.05, 0) is 35.9 Å². The first-order valence-electron chi connectivity index (χ1n) is 6.77. The molecule has 0 aliphatic rings. The Balaban J connectivity index is 2.18. The van der Waals surface area contributed by atoms with Crippen molar-refractivity contribution in [2.45, 2.75) is 5.03 Å². The molecule has 1 aromatic carbocycles. The first kappa shape index (κ1) is 18.2. The number of rotatable bonds is 6. The van der Waals surface area contributed by atoms with E-state index in [9.17, 15) is 18.1 Å². The van der Waals surface area contributed by atoms with Crippen LogP contribution >= 0.6 is 0 Å². The number of sulfonamides is 1. The van der Waals surface area contributed by atoms with Gasteiger partial charge in [-0.25, -0.2) is 21.1 Å². The molecule has 11 heteroatoms. The van der Waals surface area contributed by atoms with Gasteiger partial charge < -0.3 is 0 Å². The molecular weight excluding hydrogens is 348 g/mol. The van der Waals surface area contributed by atoms with E-state index in [1.165, 1.54) is 48.7 Å². The number of nitroso groups, excluding NO2 is 1. The lowest BCUT2D eigenvalue weighted by Gasteiger charge is -2.18. The van der Waals surface area contributed by atoms with Gasteiger partial charge in [-0.3, -0.25) is 4.79 Å². The quantitative estimate of drug-likeness (QED) is 0.250. The number of hydrogen-bond acceptors (Lipinski definition) is 8. The van der Waals surface area contributed by atoms with Crippen LogP contribution in [0, 0.1) is 4.91 Å². The highest BCUT2D eigenvalue weighted by Gasteiger charge is 2.23. The minimum Gasteiger partial charge on any atom is -0.266 e. The van der Waals surface area contributed by atoms with Crippen molar-refractivity contribution in [3.63, 3.8) is 0 Å². The molecule has 0 atom stereocenters. The van der Waals surface area contributed by atoms with E-state index in [4.69, 9.17) is 11.7 Å². The second-order valence-corrected chi connectivity index (χ2v) is 6.42. The molecule has 0 saturated heterocycles. The Hall–Kier alpha value is -3.15. The number of anilines is 1. The largest absolute Gasteiger partial charge is 0.295 e. The number of nitrogens with zero attached hydrogens (tertiary/aromatic N) is 4. The van der Waals surface area contributed by atoms with Gasteiger partial charge in [0.05, 0.1) is 11.0 Å². The number of hydrazine groups is 2. The van der Waals surface area contributed by atoms with Gasteiger partial charge in [-0.15, -0.1) is 10.0 Å². The van der Waals surface area contributed by atoms with Crippen LogP contribution in [0.2, 0.25) is 0 Å². The predicted octanol–water partition coefficient (Wildman–Crippen LogP) is 0.547. The van der Waals surface area contributed by atoms with Gasteiger partial charge in [-0.2, -0.15) is 8.42 Å². The molecule has 0 aliphatic carbocycles. The van der Waals surface area contributed by atoms with Gasteiger partial charge in [0.15, 0.2) is 5.03 Å². The molecule has 0 bridgehead atoms. The minimum absolute atomic E-state index is 0.145. The summed E-state index contributed by atoms with van der Waals surface area (Å²) in [4.78, 5) is 25.2. The average molecular weight is 362 g/mol.